The van der Waals surface area contributed by atoms with Gasteiger partial charge in [-0.1, -0.05) is 18.2 Å². The Morgan fingerprint density at radius 1 is 1.11 bits per heavy atom. The molecule has 7 nitrogen and oxygen atoms in total. The zero-order valence-electron chi connectivity index (χ0n) is 15.1. The Balaban J connectivity index is 1.53. The summed E-state index contributed by atoms with van der Waals surface area (Å²) < 4.78 is 31.0. The van der Waals surface area contributed by atoms with E-state index in [4.69, 9.17) is 4.74 Å². The van der Waals surface area contributed by atoms with Gasteiger partial charge in [-0.15, -0.1) is 0 Å². The molecule has 1 heterocycles. The Morgan fingerprint density at radius 2 is 1.85 bits per heavy atom. The number of rotatable bonds is 6. The number of fused-ring (bicyclic) bond motifs is 1. The van der Waals surface area contributed by atoms with E-state index < -0.39 is 28.4 Å². The van der Waals surface area contributed by atoms with Gasteiger partial charge in [0.2, 0.25) is 5.91 Å². The highest BCUT2D eigenvalue weighted by Gasteiger charge is 2.41. The van der Waals surface area contributed by atoms with Crippen LogP contribution >= 0.6 is 0 Å². The number of carbonyl (C=O) groups excluding carboxylic acids is 2. The van der Waals surface area contributed by atoms with Crippen molar-refractivity contribution in [3.05, 3.63) is 59.2 Å². The maximum Gasteiger partial charge on any atom is 0.269 e. The largest absolute Gasteiger partial charge is 0.492 e. The average molecular weight is 388 g/mol. The van der Waals surface area contributed by atoms with Crippen molar-refractivity contribution in [2.45, 2.75) is 18.7 Å². The fraction of sp³-hybridized carbons (Fsp3) is 0.263. The van der Waals surface area contributed by atoms with Crippen LogP contribution in [0.1, 0.15) is 21.5 Å². The summed E-state index contributed by atoms with van der Waals surface area (Å²) in [5.74, 6) is -0.560. The van der Waals surface area contributed by atoms with Crippen LogP contribution < -0.4 is 10.1 Å². The molecule has 0 radical (unpaired) electrons. The number of hydrogen-bond acceptors (Lipinski definition) is 5. The number of sulfonamides is 1. The van der Waals surface area contributed by atoms with Crippen LogP contribution in [0.3, 0.4) is 0 Å². The van der Waals surface area contributed by atoms with Gasteiger partial charge in [-0.05, 0) is 49.2 Å². The predicted octanol–water partition coefficient (Wildman–Crippen LogP) is 1.64. The van der Waals surface area contributed by atoms with Crippen LogP contribution in [0.15, 0.2) is 47.4 Å². The first-order valence-corrected chi connectivity index (χ1v) is 9.87. The minimum atomic E-state index is -3.98. The molecule has 0 atom stereocenters. The van der Waals surface area contributed by atoms with E-state index >= 15 is 0 Å². The second-order valence-electron chi connectivity index (χ2n) is 6.26. The fourth-order valence-electron chi connectivity index (χ4n) is 2.74. The number of carbonyl (C=O) groups is 2. The lowest BCUT2D eigenvalue weighted by Gasteiger charge is -2.15. The van der Waals surface area contributed by atoms with Crippen LogP contribution in [0.5, 0.6) is 5.75 Å². The topological polar surface area (TPSA) is 92.8 Å². The summed E-state index contributed by atoms with van der Waals surface area (Å²) in [5, 5.41) is 2.57. The molecule has 8 heteroatoms. The molecule has 0 spiro atoms. The minimum absolute atomic E-state index is 0.0686. The molecule has 2 aromatic carbocycles. The zero-order valence-corrected chi connectivity index (χ0v) is 15.9. The molecule has 0 aromatic heterocycles. The van der Waals surface area contributed by atoms with E-state index in [-0.39, 0.29) is 23.6 Å². The van der Waals surface area contributed by atoms with Crippen molar-refractivity contribution in [2.24, 2.45) is 0 Å². The molecular formula is C19H20N2O5S. The zero-order chi connectivity index (χ0) is 19.6. The van der Waals surface area contributed by atoms with Crippen molar-refractivity contribution in [3.63, 3.8) is 0 Å². The minimum Gasteiger partial charge on any atom is -0.492 e. The van der Waals surface area contributed by atoms with Crippen molar-refractivity contribution in [3.8, 4) is 5.75 Å². The molecule has 1 N–H and O–H groups in total. The van der Waals surface area contributed by atoms with Crippen molar-refractivity contribution in [1.82, 2.24) is 9.62 Å². The number of nitrogens with one attached hydrogen (secondary N) is 1. The second kappa shape index (κ2) is 7.40. The SMILES string of the molecule is Cc1ccc(OCCNC(=O)CN2C(=O)c3ccccc3S2(=O)=O)cc1C. The van der Waals surface area contributed by atoms with Gasteiger partial charge < -0.3 is 10.1 Å². The second-order valence-corrected chi connectivity index (χ2v) is 8.09. The van der Waals surface area contributed by atoms with Crippen LogP contribution in [0.25, 0.3) is 0 Å². The van der Waals surface area contributed by atoms with Gasteiger partial charge in [0.1, 0.15) is 23.8 Å². The summed E-state index contributed by atoms with van der Waals surface area (Å²) in [7, 11) is -3.98. The molecule has 0 aliphatic carbocycles. The first-order chi connectivity index (χ1) is 12.8. The lowest BCUT2D eigenvalue weighted by atomic mass is 10.1. The lowest BCUT2D eigenvalue weighted by molar-refractivity contribution is -0.121. The molecule has 0 bridgehead atoms. The van der Waals surface area contributed by atoms with Crippen molar-refractivity contribution in [1.29, 1.82) is 0 Å². The number of hydrogen-bond donors (Lipinski definition) is 1. The highest BCUT2D eigenvalue weighted by molar-refractivity contribution is 7.90. The Bertz CT molecular complexity index is 1000. The molecule has 0 saturated heterocycles. The molecule has 142 valence electrons. The summed E-state index contributed by atoms with van der Waals surface area (Å²) in [5.41, 5.74) is 2.35. The third-order valence-electron chi connectivity index (χ3n) is 4.37. The summed E-state index contributed by atoms with van der Waals surface area (Å²) in [6.45, 7) is 3.86. The van der Waals surface area contributed by atoms with Crippen LogP contribution in [0.2, 0.25) is 0 Å². The quantitative estimate of drug-likeness (QED) is 0.760. The van der Waals surface area contributed by atoms with E-state index in [1.807, 2.05) is 32.0 Å². The Hall–Kier alpha value is -2.87. The molecule has 3 rings (SSSR count). The van der Waals surface area contributed by atoms with Crippen LogP contribution in [0.4, 0.5) is 0 Å². The Labute approximate surface area is 158 Å². The van der Waals surface area contributed by atoms with Gasteiger partial charge >= 0.3 is 0 Å². The summed E-state index contributed by atoms with van der Waals surface area (Å²) in [4.78, 5) is 24.3. The molecule has 2 aromatic rings. The summed E-state index contributed by atoms with van der Waals surface area (Å²) >= 11 is 0. The Morgan fingerprint density at radius 3 is 2.56 bits per heavy atom. The maximum absolute atomic E-state index is 12.4. The van der Waals surface area contributed by atoms with Crippen molar-refractivity contribution >= 4 is 21.8 Å². The summed E-state index contributed by atoms with van der Waals surface area (Å²) in [6, 6.07) is 11.6. The smallest absolute Gasteiger partial charge is 0.269 e. The molecule has 2 amide bonds. The number of ether oxygens (including phenoxy) is 1. The van der Waals surface area contributed by atoms with E-state index in [0.29, 0.717) is 10.1 Å². The van der Waals surface area contributed by atoms with E-state index in [9.17, 15) is 18.0 Å². The van der Waals surface area contributed by atoms with Crippen molar-refractivity contribution < 1.29 is 22.7 Å². The monoisotopic (exact) mass is 388 g/mol. The lowest BCUT2D eigenvalue weighted by Crippen LogP contribution is -2.41. The average Bonchev–Trinajstić information content (AvgIpc) is 2.83. The highest BCUT2D eigenvalue weighted by atomic mass is 32.2. The van der Waals surface area contributed by atoms with Crippen molar-refractivity contribution in [2.75, 3.05) is 19.7 Å². The van der Waals surface area contributed by atoms with Gasteiger partial charge in [0.15, 0.2) is 0 Å². The Kier molecular flexibility index (Phi) is 5.18. The number of amides is 2. The molecule has 0 fully saturated rings. The normalized spacial score (nSPS) is 14.7. The van der Waals surface area contributed by atoms with E-state index in [1.54, 1.807) is 6.07 Å². The molecule has 1 aliphatic heterocycles. The maximum atomic E-state index is 12.4. The van der Waals surface area contributed by atoms with E-state index in [1.165, 1.54) is 18.2 Å². The van der Waals surface area contributed by atoms with Crippen LogP contribution in [-0.2, 0) is 14.8 Å². The van der Waals surface area contributed by atoms with Gasteiger partial charge in [0, 0.05) is 0 Å². The number of aryl methyl sites for hydroxylation is 2. The van der Waals surface area contributed by atoms with Gasteiger partial charge in [0.25, 0.3) is 15.9 Å². The number of nitrogens with zero attached hydrogens (tertiary/aromatic N) is 1. The standard InChI is InChI=1S/C19H20N2O5S/c1-13-7-8-15(11-14(13)2)26-10-9-20-18(22)12-21-19(23)16-5-3-4-6-17(16)27(21,24)25/h3-8,11H,9-10,12H2,1-2H3,(H,20,22). The highest BCUT2D eigenvalue weighted by Crippen LogP contribution is 2.29. The molecular weight excluding hydrogens is 368 g/mol. The first-order valence-electron chi connectivity index (χ1n) is 8.43. The van der Waals surface area contributed by atoms with Gasteiger partial charge in [0.05, 0.1) is 12.1 Å². The molecule has 27 heavy (non-hydrogen) atoms. The van der Waals surface area contributed by atoms with Crippen LogP contribution in [-0.4, -0.2) is 44.2 Å². The third kappa shape index (κ3) is 3.80. The van der Waals surface area contributed by atoms with Crippen LogP contribution in [0, 0.1) is 13.8 Å². The summed E-state index contributed by atoms with van der Waals surface area (Å²) in [6.07, 6.45) is 0. The van der Waals surface area contributed by atoms with Gasteiger partial charge in [-0.25, -0.2) is 12.7 Å². The van der Waals surface area contributed by atoms with Gasteiger partial charge in [-0.3, -0.25) is 9.59 Å². The fourth-order valence-corrected chi connectivity index (χ4v) is 4.26. The van der Waals surface area contributed by atoms with Gasteiger partial charge in [-0.2, -0.15) is 0 Å². The molecule has 0 unspecified atom stereocenters. The molecule has 1 aliphatic rings. The first kappa shape index (κ1) is 18.9. The van der Waals surface area contributed by atoms with E-state index in [2.05, 4.69) is 5.32 Å². The molecule has 0 saturated carbocycles. The third-order valence-corrected chi connectivity index (χ3v) is 6.16. The predicted molar refractivity (Wildman–Crippen MR) is 99.1 cm³/mol. The van der Waals surface area contributed by atoms with E-state index in [0.717, 1.165) is 11.1 Å². The number of benzene rings is 2.